The lowest BCUT2D eigenvalue weighted by Crippen LogP contribution is -2.36. The molecule has 0 atom stereocenters. The standard InChI is InChI=1S/C22H21FN4O3.HI/c1-24-22(26-11-15-2-8-19-20(10-15)29-14-28-19)27-13-16-3-9-21(25-12-16)30-18-6-4-17(23)5-7-18;/h2-10,12H,11,13-14H2,1H3,(H2,24,26,27);1H. The van der Waals surface area contributed by atoms with Gasteiger partial charge in [0.25, 0.3) is 0 Å². The van der Waals surface area contributed by atoms with E-state index in [1.165, 1.54) is 12.1 Å². The minimum atomic E-state index is -0.308. The van der Waals surface area contributed by atoms with E-state index in [2.05, 4.69) is 20.6 Å². The highest BCUT2D eigenvalue weighted by molar-refractivity contribution is 14.0. The third-order valence-electron chi connectivity index (χ3n) is 4.41. The van der Waals surface area contributed by atoms with E-state index in [0.29, 0.717) is 30.7 Å². The summed E-state index contributed by atoms with van der Waals surface area (Å²) in [4.78, 5) is 8.52. The van der Waals surface area contributed by atoms with Crippen LogP contribution in [0.15, 0.2) is 65.8 Å². The minimum absolute atomic E-state index is 0. The molecule has 1 aliphatic rings. The number of hydrogen-bond donors (Lipinski definition) is 2. The molecule has 0 amide bonds. The van der Waals surface area contributed by atoms with Crippen molar-refractivity contribution in [3.8, 4) is 23.1 Å². The largest absolute Gasteiger partial charge is 0.454 e. The van der Waals surface area contributed by atoms with Crippen molar-refractivity contribution in [3.05, 3.63) is 77.7 Å². The number of aliphatic imine (C=N–C) groups is 1. The fraction of sp³-hybridized carbons (Fsp3) is 0.182. The van der Waals surface area contributed by atoms with Gasteiger partial charge in [-0.3, -0.25) is 4.99 Å². The van der Waals surface area contributed by atoms with Crippen LogP contribution in [0.3, 0.4) is 0 Å². The van der Waals surface area contributed by atoms with Crippen molar-refractivity contribution < 1.29 is 18.6 Å². The number of rotatable bonds is 6. The molecule has 2 aromatic carbocycles. The van der Waals surface area contributed by atoms with Crippen LogP contribution in [-0.2, 0) is 13.1 Å². The molecule has 0 saturated carbocycles. The molecule has 0 unspecified atom stereocenters. The molecule has 9 heteroatoms. The van der Waals surface area contributed by atoms with Gasteiger partial charge in [0.1, 0.15) is 11.6 Å². The molecule has 162 valence electrons. The first-order chi connectivity index (χ1) is 14.7. The molecule has 1 aromatic heterocycles. The maximum absolute atomic E-state index is 13.0. The Labute approximate surface area is 196 Å². The van der Waals surface area contributed by atoms with Crippen LogP contribution in [0.2, 0.25) is 0 Å². The molecule has 2 heterocycles. The summed E-state index contributed by atoms with van der Waals surface area (Å²) in [7, 11) is 1.72. The van der Waals surface area contributed by atoms with E-state index in [1.807, 2.05) is 24.3 Å². The maximum Gasteiger partial charge on any atom is 0.231 e. The Kier molecular flexibility index (Phi) is 7.88. The van der Waals surface area contributed by atoms with Crippen molar-refractivity contribution in [2.45, 2.75) is 13.1 Å². The lowest BCUT2D eigenvalue weighted by molar-refractivity contribution is 0.174. The van der Waals surface area contributed by atoms with Crippen molar-refractivity contribution >= 4 is 29.9 Å². The number of halogens is 2. The Morgan fingerprint density at radius 1 is 1.00 bits per heavy atom. The summed E-state index contributed by atoms with van der Waals surface area (Å²) in [6.07, 6.45) is 1.72. The van der Waals surface area contributed by atoms with Crippen molar-refractivity contribution in [1.82, 2.24) is 15.6 Å². The number of nitrogens with one attached hydrogen (secondary N) is 2. The van der Waals surface area contributed by atoms with E-state index in [9.17, 15) is 4.39 Å². The third-order valence-corrected chi connectivity index (χ3v) is 4.41. The van der Waals surface area contributed by atoms with E-state index < -0.39 is 0 Å². The molecular weight excluding hydrogens is 514 g/mol. The predicted octanol–water partition coefficient (Wildman–Crippen LogP) is 4.22. The molecule has 0 saturated heterocycles. The lowest BCUT2D eigenvalue weighted by Gasteiger charge is -2.12. The van der Waals surface area contributed by atoms with Crippen LogP contribution >= 0.6 is 24.0 Å². The van der Waals surface area contributed by atoms with Gasteiger partial charge in [-0.05, 0) is 47.5 Å². The summed E-state index contributed by atoms with van der Waals surface area (Å²) < 4.78 is 29.3. The van der Waals surface area contributed by atoms with Crippen LogP contribution in [0.1, 0.15) is 11.1 Å². The van der Waals surface area contributed by atoms with E-state index in [-0.39, 0.29) is 36.6 Å². The van der Waals surface area contributed by atoms with Crippen molar-refractivity contribution in [2.75, 3.05) is 13.8 Å². The van der Waals surface area contributed by atoms with Crippen LogP contribution in [0, 0.1) is 5.82 Å². The second-order valence-electron chi connectivity index (χ2n) is 6.53. The van der Waals surface area contributed by atoms with Crippen LogP contribution in [0.25, 0.3) is 0 Å². The number of benzene rings is 2. The van der Waals surface area contributed by atoms with Crippen LogP contribution in [0.4, 0.5) is 4.39 Å². The topological polar surface area (TPSA) is 77.0 Å². The summed E-state index contributed by atoms with van der Waals surface area (Å²) in [5, 5.41) is 6.51. The van der Waals surface area contributed by atoms with Crippen LogP contribution in [0.5, 0.6) is 23.1 Å². The van der Waals surface area contributed by atoms with Crippen molar-refractivity contribution in [2.24, 2.45) is 4.99 Å². The zero-order valence-corrected chi connectivity index (χ0v) is 19.1. The van der Waals surface area contributed by atoms with Crippen molar-refractivity contribution in [1.29, 1.82) is 0 Å². The second kappa shape index (κ2) is 10.8. The number of pyridine rings is 1. The Morgan fingerprint density at radius 3 is 2.42 bits per heavy atom. The number of hydrogen-bond acceptors (Lipinski definition) is 5. The smallest absolute Gasteiger partial charge is 0.231 e. The highest BCUT2D eigenvalue weighted by Crippen LogP contribution is 2.32. The number of nitrogens with zero attached hydrogens (tertiary/aromatic N) is 2. The first-order valence-electron chi connectivity index (χ1n) is 9.41. The summed E-state index contributed by atoms with van der Waals surface area (Å²) in [6.45, 7) is 1.40. The quantitative estimate of drug-likeness (QED) is 0.279. The Balaban J connectivity index is 0.00000272. The zero-order chi connectivity index (χ0) is 20.8. The maximum atomic E-state index is 13.0. The number of aromatic nitrogens is 1. The average Bonchev–Trinajstić information content (AvgIpc) is 3.24. The predicted molar refractivity (Wildman–Crippen MR) is 126 cm³/mol. The van der Waals surface area contributed by atoms with Gasteiger partial charge >= 0.3 is 0 Å². The van der Waals surface area contributed by atoms with Gasteiger partial charge in [0.2, 0.25) is 12.7 Å². The van der Waals surface area contributed by atoms with Gasteiger partial charge < -0.3 is 24.8 Å². The van der Waals surface area contributed by atoms with E-state index in [1.54, 1.807) is 31.4 Å². The van der Waals surface area contributed by atoms with E-state index in [0.717, 1.165) is 22.6 Å². The highest BCUT2D eigenvalue weighted by Gasteiger charge is 2.13. The molecule has 0 fully saturated rings. The monoisotopic (exact) mass is 536 g/mol. The molecule has 3 aromatic rings. The Hall–Kier alpha value is -3.08. The summed E-state index contributed by atoms with van der Waals surface area (Å²) in [5.74, 6) is 2.85. The molecule has 0 spiro atoms. The minimum Gasteiger partial charge on any atom is -0.454 e. The average molecular weight is 536 g/mol. The molecular formula is C22H22FIN4O3. The number of ether oxygens (including phenoxy) is 3. The summed E-state index contributed by atoms with van der Waals surface area (Å²) in [5.41, 5.74) is 2.03. The van der Waals surface area contributed by atoms with Crippen molar-refractivity contribution in [3.63, 3.8) is 0 Å². The SMILES string of the molecule is CN=C(NCc1ccc(Oc2ccc(F)cc2)nc1)NCc1ccc2c(c1)OCO2.I. The van der Waals surface area contributed by atoms with E-state index >= 15 is 0 Å². The van der Waals surface area contributed by atoms with Gasteiger partial charge in [-0.15, -0.1) is 24.0 Å². The molecule has 4 rings (SSSR count). The molecule has 0 radical (unpaired) electrons. The Bertz CT molecular complexity index is 1030. The molecule has 2 N–H and O–H groups in total. The fourth-order valence-corrected chi connectivity index (χ4v) is 2.84. The highest BCUT2D eigenvalue weighted by atomic mass is 127. The molecule has 0 aliphatic carbocycles. The van der Waals surface area contributed by atoms with Gasteiger partial charge in [0.15, 0.2) is 17.5 Å². The number of guanidine groups is 1. The fourth-order valence-electron chi connectivity index (χ4n) is 2.84. The van der Waals surface area contributed by atoms with Gasteiger partial charge in [-0.25, -0.2) is 9.37 Å². The van der Waals surface area contributed by atoms with Crippen LogP contribution in [-0.4, -0.2) is 24.8 Å². The van der Waals surface area contributed by atoms with E-state index in [4.69, 9.17) is 14.2 Å². The molecule has 1 aliphatic heterocycles. The Morgan fingerprint density at radius 2 is 1.71 bits per heavy atom. The molecule has 7 nitrogen and oxygen atoms in total. The molecule has 0 bridgehead atoms. The van der Waals surface area contributed by atoms with Gasteiger partial charge in [-0.2, -0.15) is 0 Å². The first-order valence-corrected chi connectivity index (χ1v) is 9.41. The van der Waals surface area contributed by atoms with Gasteiger partial charge in [0.05, 0.1) is 0 Å². The summed E-state index contributed by atoms with van der Waals surface area (Å²) >= 11 is 0. The van der Waals surface area contributed by atoms with Gasteiger partial charge in [-0.1, -0.05) is 12.1 Å². The second-order valence-corrected chi connectivity index (χ2v) is 6.53. The zero-order valence-electron chi connectivity index (χ0n) is 16.8. The lowest BCUT2D eigenvalue weighted by atomic mass is 10.2. The number of fused-ring (bicyclic) bond motifs is 1. The molecule has 31 heavy (non-hydrogen) atoms. The first kappa shape index (κ1) is 22.6. The van der Waals surface area contributed by atoms with Crippen LogP contribution < -0.4 is 24.8 Å². The summed E-state index contributed by atoms with van der Waals surface area (Å²) in [6, 6.07) is 15.3. The third kappa shape index (κ3) is 6.20. The van der Waals surface area contributed by atoms with Gasteiger partial charge in [0, 0.05) is 32.4 Å². The normalized spacial score (nSPS) is 12.1.